The summed E-state index contributed by atoms with van der Waals surface area (Å²) < 4.78 is 0.657. The third-order valence-electron chi connectivity index (χ3n) is 2.13. The zero-order valence-electron chi connectivity index (χ0n) is 9.14. The van der Waals surface area contributed by atoms with Crippen LogP contribution in [0.2, 0.25) is 0 Å². The minimum absolute atomic E-state index is 0.283. The number of aryl methyl sites for hydroxylation is 1. The fraction of sp³-hybridized carbons (Fsp3) is 0.0833. The molecule has 0 bridgehead atoms. The molecule has 0 aliphatic carbocycles. The van der Waals surface area contributed by atoms with E-state index in [2.05, 4.69) is 31.2 Å². The minimum atomic E-state index is -0.283. The average Bonchev–Trinajstić information content (AvgIpc) is 2.32. The number of carbonyl (C=O) groups excluding carboxylic acids is 1. The fourth-order valence-corrected chi connectivity index (χ4v) is 1.71. The molecule has 4 nitrogen and oxygen atoms in total. The summed E-state index contributed by atoms with van der Waals surface area (Å²) >= 11 is 3.28. The number of pyridine rings is 2. The number of aromatic nitrogens is 2. The second-order valence-corrected chi connectivity index (χ2v) is 4.36. The van der Waals surface area contributed by atoms with Crippen LogP contribution in [0.1, 0.15) is 16.1 Å². The van der Waals surface area contributed by atoms with E-state index in [0.29, 0.717) is 16.0 Å². The highest BCUT2D eigenvalue weighted by molar-refractivity contribution is 9.10. The lowest BCUT2D eigenvalue weighted by molar-refractivity contribution is 0.102. The van der Waals surface area contributed by atoms with Gasteiger partial charge in [0.2, 0.25) is 0 Å². The molecule has 0 radical (unpaired) electrons. The Morgan fingerprint density at radius 1 is 1.29 bits per heavy atom. The molecule has 0 saturated heterocycles. The maximum absolute atomic E-state index is 11.9. The maximum Gasteiger partial charge on any atom is 0.276 e. The Bertz CT molecular complexity index is 540. The van der Waals surface area contributed by atoms with Crippen molar-refractivity contribution in [2.75, 3.05) is 5.32 Å². The number of nitrogens with one attached hydrogen (secondary N) is 1. The van der Waals surface area contributed by atoms with E-state index in [0.717, 1.165) is 5.56 Å². The Balaban J connectivity index is 2.17. The normalized spacial score (nSPS) is 10.0. The van der Waals surface area contributed by atoms with Gasteiger partial charge in [-0.3, -0.25) is 4.79 Å². The van der Waals surface area contributed by atoms with Crippen molar-refractivity contribution in [2.45, 2.75) is 6.92 Å². The van der Waals surface area contributed by atoms with E-state index >= 15 is 0 Å². The van der Waals surface area contributed by atoms with Gasteiger partial charge in [0, 0.05) is 16.9 Å². The van der Waals surface area contributed by atoms with Crippen LogP contribution in [0.25, 0.3) is 0 Å². The van der Waals surface area contributed by atoms with Gasteiger partial charge in [-0.15, -0.1) is 0 Å². The van der Waals surface area contributed by atoms with Gasteiger partial charge in [-0.05, 0) is 46.6 Å². The van der Waals surface area contributed by atoms with Gasteiger partial charge >= 0.3 is 0 Å². The number of nitrogens with zero attached hydrogens (tertiary/aromatic N) is 2. The highest BCUT2D eigenvalue weighted by Crippen LogP contribution is 2.14. The molecule has 0 atom stereocenters. The van der Waals surface area contributed by atoms with Gasteiger partial charge in [-0.25, -0.2) is 9.97 Å². The van der Waals surface area contributed by atoms with Gasteiger partial charge in [0.25, 0.3) is 5.91 Å². The zero-order chi connectivity index (χ0) is 12.3. The molecular formula is C12H10BrN3O. The molecular weight excluding hydrogens is 282 g/mol. The summed E-state index contributed by atoms with van der Waals surface area (Å²) in [5.74, 6) is 0.229. The van der Waals surface area contributed by atoms with E-state index in [9.17, 15) is 4.79 Å². The van der Waals surface area contributed by atoms with E-state index in [1.165, 1.54) is 0 Å². The first-order chi connectivity index (χ1) is 8.16. The molecule has 2 aromatic rings. The molecule has 1 amide bonds. The highest BCUT2D eigenvalue weighted by atomic mass is 79.9. The number of anilines is 1. The Morgan fingerprint density at radius 2 is 2.12 bits per heavy atom. The second kappa shape index (κ2) is 5.05. The quantitative estimate of drug-likeness (QED) is 0.926. The smallest absolute Gasteiger partial charge is 0.276 e. The van der Waals surface area contributed by atoms with Crippen LogP contribution in [0.4, 0.5) is 5.82 Å². The van der Waals surface area contributed by atoms with Crippen molar-refractivity contribution in [3.05, 3.63) is 52.4 Å². The molecule has 0 fully saturated rings. The number of carbonyl (C=O) groups is 1. The topological polar surface area (TPSA) is 54.9 Å². The molecule has 5 heteroatoms. The van der Waals surface area contributed by atoms with Crippen LogP contribution in [0.15, 0.2) is 41.1 Å². The van der Waals surface area contributed by atoms with Gasteiger partial charge in [0.05, 0.1) is 0 Å². The molecule has 17 heavy (non-hydrogen) atoms. The van der Waals surface area contributed by atoms with Crippen LogP contribution in [0, 0.1) is 6.92 Å². The Morgan fingerprint density at radius 3 is 2.76 bits per heavy atom. The van der Waals surface area contributed by atoms with Crippen LogP contribution in [-0.2, 0) is 0 Å². The van der Waals surface area contributed by atoms with Crippen LogP contribution in [0.3, 0.4) is 0 Å². The van der Waals surface area contributed by atoms with E-state index in [1.807, 2.05) is 13.0 Å². The summed E-state index contributed by atoms with van der Waals surface area (Å²) in [6, 6.07) is 7.16. The van der Waals surface area contributed by atoms with E-state index in [4.69, 9.17) is 0 Å². The third-order valence-corrected chi connectivity index (χ3v) is 2.77. The Labute approximate surface area is 107 Å². The number of hydrogen-bond acceptors (Lipinski definition) is 3. The van der Waals surface area contributed by atoms with E-state index in [1.54, 1.807) is 30.6 Å². The van der Waals surface area contributed by atoms with Crippen molar-refractivity contribution in [1.29, 1.82) is 0 Å². The van der Waals surface area contributed by atoms with Crippen molar-refractivity contribution in [3.8, 4) is 0 Å². The largest absolute Gasteiger partial charge is 0.305 e. The molecule has 0 aliphatic rings. The summed E-state index contributed by atoms with van der Waals surface area (Å²) in [7, 11) is 0. The van der Waals surface area contributed by atoms with Gasteiger partial charge in [-0.1, -0.05) is 6.07 Å². The number of hydrogen-bond donors (Lipinski definition) is 1. The molecule has 0 aliphatic heterocycles. The number of amides is 1. The average molecular weight is 292 g/mol. The van der Waals surface area contributed by atoms with Crippen molar-refractivity contribution in [3.63, 3.8) is 0 Å². The molecule has 0 spiro atoms. The molecule has 1 N–H and O–H groups in total. The van der Waals surface area contributed by atoms with Crippen molar-refractivity contribution < 1.29 is 4.79 Å². The lowest BCUT2D eigenvalue weighted by Gasteiger charge is -2.05. The lowest BCUT2D eigenvalue weighted by Crippen LogP contribution is -2.15. The molecule has 2 rings (SSSR count). The molecule has 86 valence electrons. The molecule has 2 aromatic heterocycles. The Kier molecular flexibility index (Phi) is 3.49. The maximum atomic E-state index is 11.9. The molecule has 0 unspecified atom stereocenters. The highest BCUT2D eigenvalue weighted by Gasteiger charge is 2.11. The van der Waals surface area contributed by atoms with Crippen LogP contribution < -0.4 is 5.32 Å². The first-order valence-corrected chi connectivity index (χ1v) is 5.80. The fourth-order valence-electron chi connectivity index (χ4n) is 1.27. The molecule has 0 saturated carbocycles. The first kappa shape index (κ1) is 11.7. The van der Waals surface area contributed by atoms with E-state index < -0.39 is 0 Å². The SMILES string of the molecule is Cc1ccc(NC(=O)c2ncccc2Br)nc1. The molecule has 0 aromatic carbocycles. The predicted octanol–water partition coefficient (Wildman–Crippen LogP) is 2.80. The van der Waals surface area contributed by atoms with Gasteiger partial charge in [-0.2, -0.15) is 0 Å². The monoisotopic (exact) mass is 291 g/mol. The Hall–Kier alpha value is -1.75. The zero-order valence-corrected chi connectivity index (χ0v) is 10.7. The van der Waals surface area contributed by atoms with Gasteiger partial charge < -0.3 is 5.32 Å². The van der Waals surface area contributed by atoms with Crippen LogP contribution in [0.5, 0.6) is 0 Å². The van der Waals surface area contributed by atoms with Crippen LogP contribution in [-0.4, -0.2) is 15.9 Å². The summed E-state index contributed by atoms with van der Waals surface area (Å²) in [5.41, 5.74) is 1.39. The van der Waals surface area contributed by atoms with Crippen LogP contribution >= 0.6 is 15.9 Å². The number of halogens is 1. The van der Waals surface area contributed by atoms with Crippen molar-refractivity contribution >= 4 is 27.7 Å². The standard InChI is InChI=1S/C12H10BrN3O/c1-8-4-5-10(15-7-8)16-12(17)11-9(13)3-2-6-14-11/h2-7H,1H3,(H,15,16,17). The third kappa shape index (κ3) is 2.88. The minimum Gasteiger partial charge on any atom is -0.305 e. The first-order valence-electron chi connectivity index (χ1n) is 5.01. The molecule has 2 heterocycles. The van der Waals surface area contributed by atoms with Crippen molar-refractivity contribution in [1.82, 2.24) is 9.97 Å². The van der Waals surface area contributed by atoms with Crippen molar-refractivity contribution in [2.24, 2.45) is 0 Å². The summed E-state index contributed by atoms with van der Waals surface area (Å²) in [6.45, 7) is 1.94. The van der Waals surface area contributed by atoms with E-state index in [-0.39, 0.29) is 5.91 Å². The number of rotatable bonds is 2. The summed E-state index contributed by atoms with van der Waals surface area (Å²) in [5, 5.41) is 2.68. The predicted molar refractivity (Wildman–Crippen MR) is 68.9 cm³/mol. The van der Waals surface area contributed by atoms with Gasteiger partial charge in [0.15, 0.2) is 0 Å². The summed E-state index contributed by atoms with van der Waals surface area (Å²) in [6.07, 6.45) is 3.27. The summed E-state index contributed by atoms with van der Waals surface area (Å²) in [4.78, 5) is 20.0. The second-order valence-electron chi connectivity index (χ2n) is 3.51. The lowest BCUT2D eigenvalue weighted by atomic mass is 10.3. The van der Waals surface area contributed by atoms with Gasteiger partial charge in [0.1, 0.15) is 11.5 Å².